The van der Waals surface area contributed by atoms with Crippen LogP contribution in [0.1, 0.15) is 55.3 Å². The van der Waals surface area contributed by atoms with Crippen LogP contribution in [0, 0.1) is 0 Å². The van der Waals surface area contributed by atoms with E-state index in [1.54, 1.807) is 36.3 Å². The van der Waals surface area contributed by atoms with E-state index in [0.717, 1.165) is 37.7 Å². The highest BCUT2D eigenvalue weighted by molar-refractivity contribution is 6.46. The number of benzene rings is 2. The zero-order chi connectivity index (χ0) is 21.3. The molecular weight excluding hydrogens is 378 g/mol. The van der Waals surface area contributed by atoms with Gasteiger partial charge in [0.05, 0.1) is 18.7 Å². The Kier molecular flexibility index (Phi) is 5.62. The van der Waals surface area contributed by atoms with E-state index in [1.807, 2.05) is 24.3 Å². The van der Waals surface area contributed by atoms with Gasteiger partial charge in [0.2, 0.25) is 0 Å². The molecule has 2 fully saturated rings. The normalized spacial score (nSPS) is 21.4. The minimum absolute atomic E-state index is 0.0264. The van der Waals surface area contributed by atoms with Crippen molar-refractivity contribution in [2.45, 2.75) is 51.1 Å². The van der Waals surface area contributed by atoms with Gasteiger partial charge in [0.25, 0.3) is 11.7 Å². The highest BCUT2D eigenvalue weighted by Gasteiger charge is 2.49. The molecule has 1 unspecified atom stereocenters. The molecule has 1 aliphatic carbocycles. The number of likely N-dealkylation sites (tertiary alicyclic amines) is 1. The second-order valence-corrected chi connectivity index (χ2v) is 7.97. The second kappa shape index (κ2) is 8.34. The number of rotatable bonds is 5. The molecule has 1 atom stereocenters. The number of aliphatic hydroxyl groups excluding tert-OH is 1. The van der Waals surface area contributed by atoms with Crippen LogP contribution in [0.5, 0.6) is 5.75 Å². The van der Waals surface area contributed by atoms with Gasteiger partial charge in [-0.15, -0.1) is 0 Å². The Morgan fingerprint density at radius 2 is 1.67 bits per heavy atom. The van der Waals surface area contributed by atoms with E-state index in [9.17, 15) is 14.7 Å². The number of carbonyl (C=O) groups excluding carboxylic acids is 2. The summed E-state index contributed by atoms with van der Waals surface area (Å²) in [4.78, 5) is 27.9. The van der Waals surface area contributed by atoms with Gasteiger partial charge in [-0.05, 0) is 54.7 Å². The van der Waals surface area contributed by atoms with Crippen molar-refractivity contribution in [3.63, 3.8) is 0 Å². The number of ketones is 1. The summed E-state index contributed by atoms with van der Waals surface area (Å²) >= 11 is 0. The lowest BCUT2D eigenvalue weighted by Crippen LogP contribution is -2.37. The van der Waals surface area contributed by atoms with Crippen LogP contribution in [0.15, 0.2) is 54.1 Å². The largest absolute Gasteiger partial charge is 0.507 e. The molecule has 5 heteroatoms. The van der Waals surface area contributed by atoms with Crippen LogP contribution >= 0.6 is 0 Å². The molecule has 2 aliphatic rings. The zero-order valence-electron chi connectivity index (χ0n) is 17.4. The maximum atomic E-state index is 13.1. The minimum atomic E-state index is -0.611. The first kappa shape index (κ1) is 20.2. The van der Waals surface area contributed by atoms with Crippen molar-refractivity contribution in [2.24, 2.45) is 0 Å². The van der Waals surface area contributed by atoms with Gasteiger partial charge in [0.1, 0.15) is 11.5 Å². The quantitative estimate of drug-likeness (QED) is 0.448. The standard InChI is InChI=1S/C25H27NO4/c1-3-16-8-10-17(11-9-16)22-21(23(27)18-12-14-20(30-2)15-13-18)24(28)25(29)26(22)19-6-4-5-7-19/h8-15,19,22,27H,3-7H2,1-2H3/b23-21-. The molecule has 1 N–H and O–H groups in total. The van der Waals surface area contributed by atoms with E-state index in [1.165, 1.54) is 5.56 Å². The Labute approximate surface area is 177 Å². The average Bonchev–Trinajstić information content (AvgIpc) is 3.40. The highest BCUT2D eigenvalue weighted by Crippen LogP contribution is 2.43. The minimum Gasteiger partial charge on any atom is -0.507 e. The molecule has 1 saturated heterocycles. The average molecular weight is 405 g/mol. The first-order chi connectivity index (χ1) is 14.5. The van der Waals surface area contributed by atoms with Crippen LogP contribution in [0.25, 0.3) is 5.76 Å². The van der Waals surface area contributed by atoms with Crippen molar-refractivity contribution in [3.8, 4) is 5.75 Å². The third kappa shape index (κ3) is 3.49. The Morgan fingerprint density at radius 3 is 2.23 bits per heavy atom. The number of aryl methyl sites for hydroxylation is 1. The maximum Gasteiger partial charge on any atom is 0.295 e. The fourth-order valence-corrected chi connectivity index (χ4v) is 4.58. The number of hydrogen-bond donors (Lipinski definition) is 1. The predicted molar refractivity (Wildman–Crippen MR) is 115 cm³/mol. The van der Waals surface area contributed by atoms with E-state index in [2.05, 4.69) is 6.92 Å². The lowest BCUT2D eigenvalue weighted by Gasteiger charge is -2.30. The van der Waals surface area contributed by atoms with E-state index in [4.69, 9.17) is 4.74 Å². The van der Waals surface area contributed by atoms with Crippen LogP contribution < -0.4 is 4.74 Å². The Balaban J connectivity index is 1.84. The number of carbonyl (C=O) groups is 2. The number of aliphatic hydroxyl groups is 1. The summed E-state index contributed by atoms with van der Waals surface area (Å²) in [5.41, 5.74) is 2.71. The van der Waals surface area contributed by atoms with Crippen molar-refractivity contribution >= 4 is 17.4 Å². The topological polar surface area (TPSA) is 66.8 Å². The monoisotopic (exact) mass is 405 g/mol. The number of hydrogen-bond acceptors (Lipinski definition) is 4. The summed E-state index contributed by atoms with van der Waals surface area (Å²) in [5.74, 6) is -0.605. The molecule has 5 nitrogen and oxygen atoms in total. The van der Waals surface area contributed by atoms with E-state index >= 15 is 0 Å². The van der Waals surface area contributed by atoms with Gasteiger partial charge in [-0.3, -0.25) is 9.59 Å². The third-order valence-electron chi connectivity index (χ3n) is 6.27. The predicted octanol–water partition coefficient (Wildman–Crippen LogP) is 4.62. The Bertz CT molecular complexity index is 969. The SMILES string of the molecule is CCc1ccc(C2/C(=C(/O)c3ccc(OC)cc3)C(=O)C(=O)N2C2CCCC2)cc1. The van der Waals surface area contributed by atoms with Crippen LogP contribution in [0.3, 0.4) is 0 Å². The van der Waals surface area contributed by atoms with Crippen molar-refractivity contribution in [2.75, 3.05) is 7.11 Å². The molecule has 1 heterocycles. The van der Waals surface area contributed by atoms with Gasteiger partial charge >= 0.3 is 0 Å². The molecule has 156 valence electrons. The smallest absolute Gasteiger partial charge is 0.295 e. The van der Waals surface area contributed by atoms with E-state index in [0.29, 0.717) is 11.3 Å². The lowest BCUT2D eigenvalue weighted by atomic mass is 9.94. The summed E-state index contributed by atoms with van der Waals surface area (Å²) in [6.45, 7) is 2.09. The Hall–Kier alpha value is -3.08. The lowest BCUT2D eigenvalue weighted by molar-refractivity contribution is -0.141. The molecule has 1 aliphatic heterocycles. The molecule has 4 rings (SSSR count). The fourth-order valence-electron chi connectivity index (χ4n) is 4.58. The summed E-state index contributed by atoms with van der Waals surface area (Å²) in [6.07, 6.45) is 4.79. The van der Waals surface area contributed by atoms with Gasteiger partial charge < -0.3 is 14.7 Å². The van der Waals surface area contributed by atoms with Crippen molar-refractivity contribution in [1.29, 1.82) is 0 Å². The van der Waals surface area contributed by atoms with Gasteiger partial charge in [0, 0.05) is 11.6 Å². The van der Waals surface area contributed by atoms with Crippen molar-refractivity contribution in [1.82, 2.24) is 4.90 Å². The first-order valence-corrected chi connectivity index (χ1v) is 10.6. The molecule has 0 spiro atoms. The fraction of sp³-hybridized carbons (Fsp3) is 0.360. The van der Waals surface area contributed by atoms with Crippen LogP contribution in [0.4, 0.5) is 0 Å². The number of methoxy groups -OCH3 is 1. The molecule has 0 radical (unpaired) electrons. The van der Waals surface area contributed by atoms with E-state index < -0.39 is 17.7 Å². The van der Waals surface area contributed by atoms with Gasteiger partial charge in [0.15, 0.2) is 0 Å². The maximum absolute atomic E-state index is 13.1. The second-order valence-electron chi connectivity index (χ2n) is 7.97. The molecule has 30 heavy (non-hydrogen) atoms. The number of nitrogens with zero attached hydrogens (tertiary/aromatic N) is 1. The molecule has 0 aromatic heterocycles. The summed E-state index contributed by atoms with van der Waals surface area (Å²) < 4.78 is 5.18. The summed E-state index contributed by atoms with van der Waals surface area (Å²) in [5, 5.41) is 11.1. The third-order valence-corrected chi connectivity index (χ3v) is 6.27. The van der Waals surface area contributed by atoms with E-state index in [-0.39, 0.29) is 17.4 Å². The summed E-state index contributed by atoms with van der Waals surface area (Å²) in [6, 6.07) is 14.3. The van der Waals surface area contributed by atoms with Gasteiger partial charge in [-0.25, -0.2) is 0 Å². The van der Waals surface area contributed by atoms with Gasteiger partial charge in [-0.1, -0.05) is 44.0 Å². The molecule has 2 aromatic carbocycles. The number of amides is 1. The number of ether oxygens (including phenoxy) is 1. The molecule has 1 amide bonds. The van der Waals surface area contributed by atoms with Crippen molar-refractivity contribution < 1.29 is 19.4 Å². The number of Topliss-reactive ketones (excluding diaryl/α,β-unsaturated/α-hetero) is 1. The molecule has 1 saturated carbocycles. The van der Waals surface area contributed by atoms with Crippen LogP contribution in [-0.4, -0.2) is 34.8 Å². The molecule has 2 aromatic rings. The molecular formula is C25H27NO4. The van der Waals surface area contributed by atoms with Crippen LogP contribution in [0.2, 0.25) is 0 Å². The zero-order valence-corrected chi connectivity index (χ0v) is 17.4. The van der Waals surface area contributed by atoms with Gasteiger partial charge in [-0.2, -0.15) is 0 Å². The first-order valence-electron chi connectivity index (χ1n) is 10.6. The highest BCUT2D eigenvalue weighted by atomic mass is 16.5. The molecule has 0 bridgehead atoms. The van der Waals surface area contributed by atoms with Crippen LogP contribution in [-0.2, 0) is 16.0 Å². The summed E-state index contributed by atoms with van der Waals surface area (Å²) in [7, 11) is 1.57. The Morgan fingerprint density at radius 1 is 1.03 bits per heavy atom. The van der Waals surface area contributed by atoms with Crippen molar-refractivity contribution in [3.05, 3.63) is 70.8 Å².